The summed E-state index contributed by atoms with van der Waals surface area (Å²) < 4.78 is 33.6. The van der Waals surface area contributed by atoms with Crippen molar-refractivity contribution in [2.45, 2.75) is 0 Å². The van der Waals surface area contributed by atoms with E-state index in [1.165, 1.54) is 49.2 Å². The Balaban J connectivity index is 2.13. The molecule has 10 heteroatoms. The zero-order chi connectivity index (χ0) is 21.3. The third kappa shape index (κ3) is 4.20. The van der Waals surface area contributed by atoms with Crippen LogP contribution in [-0.4, -0.2) is 25.2 Å². The van der Waals surface area contributed by atoms with Crippen molar-refractivity contribution in [3.63, 3.8) is 0 Å². The molecule has 1 heterocycles. The van der Waals surface area contributed by atoms with Crippen LogP contribution in [0.5, 0.6) is 0 Å². The zero-order valence-corrected chi connectivity index (χ0v) is 18.5. The van der Waals surface area contributed by atoms with E-state index >= 15 is 0 Å². The topological polar surface area (TPSA) is 66.8 Å². The van der Waals surface area contributed by atoms with E-state index in [0.29, 0.717) is 15.5 Å². The molecule has 0 radical (unpaired) electrons. The summed E-state index contributed by atoms with van der Waals surface area (Å²) in [6.45, 7) is 0. The molecule has 0 saturated heterocycles. The summed E-state index contributed by atoms with van der Waals surface area (Å²) in [4.78, 5) is 12.4. The lowest BCUT2D eigenvalue weighted by Gasteiger charge is -2.29. The number of nitrogens with zero attached hydrogens (tertiary/aromatic N) is 1. The minimum Gasteiger partial charge on any atom is -0.477 e. The summed E-state index contributed by atoms with van der Waals surface area (Å²) in [7, 11) is -1.02. The normalized spacial score (nSPS) is 13.1. The van der Waals surface area contributed by atoms with Crippen LogP contribution in [0.4, 0.5) is 10.1 Å². The molecule has 3 rings (SSSR count). The Morgan fingerprint density at radius 2 is 1.83 bits per heavy atom. The average molecular weight is 474 g/mol. The monoisotopic (exact) mass is 473 g/mol. The quantitative estimate of drug-likeness (QED) is 0.434. The van der Waals surface area contributed by atoms with Crippen molar-refractivity contribution in [2.75, 3.05) is 18.8 Å². The van der Waals surface area contributed by atoms with Crippen molar-refractivity contribution < 1.29 is 23.4 Å². The van der Waals surface area contributed by atoms with Crippen LogP contribution >= 0.6 is 42.1 Å². The minimum absolute atomic E-state index is 0.0332. The van der Waals surface area contributed by atoms with Gasteiger partial charge < -0.3 is 9.63 Å². The molecular weight excluding hydrogens is 459 g/mol. The molecule has 1 aromatic heterocycles. The van der Waals surface area contributed by atoms with Crippen LogP contribution in [0.2, 0.25) is 10.0 Å². The standard InChI is InChI=1S/C19H15Cl2FNO4PS/c1-23(28(26,27-2)16-8-5-12(20)9-14(16)21)15-10-17(29-18(15)19(24)25)11-3-6-13(22)7-4-11/h3-10H,1-2H3,(H,24,25). The SMILES string of the molecule is COP(=O)(c1ccc(Cl)cc1Cl)N(C)c1cc(-c2ccc(F)cc2)sc1C(=O)O. The van der Waals surface area contributed by atoms with Gasteiger partial charge in [0.15, 0.2) is 0 Å². The van der Waals surface area contributed by atoms with E-state index in [9.17, 15) is 18.9 Å². The van der Waals surface area contributed by atoms with Gasteiger partial charge in [-0.3, -0.25) is 9.24 Å². The maximum atomic E-state index is 13.7. The van der Waals surface area contributed by atoms with Gasteiger partial charge >= 0.3 is 13.5 Å². The summed E-state index contributed by atoms with van der Waals surface area (Å²) in [6.07, 6.45) is 0. The fraction of sp³-hybridized carbons (Fsp3) is 0.105. The molecular formula is C19H15Cl2FNO4PS. The average Bonchev–Trinajstić information content (AvgIpc) is 3.13. The Hall–Kier alpha value is -1.89. The second-order valence-electron chi connectivity index (χ2n) is 5.96. The van der Waals surface area contributed by atoms with Gasteiger partial charge in [-0.1, -0.05) is 35.3 Å². The maximum Gasteiger partial charge on any atom is 0.348 e. The number of hydrogen-bond donors (Lipinski definition) is 1. The molecule has 5 nitrogen and oxygen atoms in total. The first kappa shape index (κ1) is 21.8. The molecule has 0 bridgehead atoms. The van der Waals surface area contributed by atoms with Gasteiger partial charge in [0.25, 0.3) is 0 Å². The van der Waals surface area contributed by atoms with Gasteiger partial charge in [-0.2, -0.15) is 0 Å². The lowest BCUT2D eigenvalue weighted by molar-refractivity contribution is 0.0703. The van der Waals surface area contributed by atoms with Crippen molar-refractivity contribution in [1.82, 2.24) is 0 Å². The summed E-state index contributed by atoms with van der Waals surface area (Å²) in [5.74, 6) is -1.59. The van der Waals surface area contributed by atoms with Crippen LogP contribution in [0.1, 0.15) is 9.67 Å². The molecule has 0 amide bonds. The first-order chi connectivity index (χ1) is 13.7. The highest BCUT2D eigenvalue weighted by atomic mass is 35.5. The molecule has 0 spiro atoms. The van der Waals surface area contributed by atoms with E-state index in [2.05, 4.69) is 0 Å². The molecule has 0 saturated carbocycles. The molecule has 0 fully saturated rings. The molecule has 1 N–H and O–H groups in total. The highest BCUT2D eigenvalue weighted by Crippen LogP contribution is 2.54. The van der Waals surface area contributed by atoms with E-state index in [1.54, 1.807) is 18.2 Å². The molecule has 1 unspecified atom stereocenters. The van der Waals surface area contributed by atoms with Crippen LogP contribution in [0.25, 0.3) is 10.4 Å². The first-order valence-corrected chi connectivity index (χ1v) is 11.3. The second-order valence-corrected chi connectivity index (χ2v) is 10.3. The van der Waals surface area contributed by atoms with Crippen molar-refractivity contribution in [3.05, 3.63) is 69.3 Å². The molecule has 3 aromatic rings. The van der Waals surface area contributed by atoms with E-state index in [0.717, 1.165) is 11.3 Å². The fourth-order valence-electron chi connectivity index (χ4n) is 2.77. The Kier molecular flexibility index (Phi) is 6.36. The van der Waals surface area contributed by atoms with Gasteiger partial charge in [0.2, 0.25) is 0 Å². The van der Waals surface area contributed by atoms with Crippen molar-refractivity contribution >= 4 is 59.0 Å². The Bertz CT molecular complexity index is 1120. The maximum absolute atomic E-state index is 13.7. The molecule has 1 atom stereocenters. The third-order valence-electron chi connectivity index (χ3n) is 4.24. The van der Waals surface area contributed by atoms with Gasteiger partial charge in [0.05, 0.1) is 16.0 Å². The summed E-state index contributed by atoms with van der Waals surface area (Å²) >= 11 is 13.1. The van der Waals surface area contributed by atoms with Crippen molar-refractivity contribution in [2.24, 2.45) is 0 Å². The highest BCUT2D eigenvalue weighted by molar-refractivity contribution is 7.68. The highest BCUT2D eigenvalue weighted by Gasteiger charge is 2.36. The lowest BCUT2D eigenvalue weighted by Crippen LogP contribution is -2.24. The van der Waals surface area contributed by atoms with Crippen LogP contribution in [0.15, 0.2) is 48.5 Å². The molecule has 0 aliphatic carbocycles. The Morgan fingerprint density at radius 1 is 1.17 bits per heavy atom. The summed E-state index contributed by atoms with van der Waals surface area (Å²) in [5.41, 5.74) is 0.827. The molecule has 0 aliphatic heterocycles. The van der Waals surface area contributed by atoms with E-state index in [4.69, 9.17) is 27.7 Å². The zero-order valence-electron chi connectivity index (χ0n) is 15.2. The lowest BCUT2D eigenvalue weighted by atomic mass is 10.2. The van der Waals surface area contributed by atoms with Crippen molar-refractivity contribution in [1.29, 1.82) is 0 Å². The van der Waals surface area contributed by atoms with Gasteiger partial charge in [0, 0.05) is 24.1 Å². The number of hydrogen-bond acceptors (Lipinski definition) is 4. The number of carboxylic acid groups (broad SMARTS) is 1. The third-order valence-corrected chi connectivity index (χ3v) is 8.58. The number of carboxylic acids is 1. The predicted octanol–water partition coefficient (Wildman–Crippen LogP) is 6.16. The van der Waals surface area contributed by atoms with Gasteiger partial charge in [-0.05, 0) is 42.0 Å². The van der Waals surface area contributed by atoms with Crippen LogP contribution < -0.4 is 9.97 Å². The molecule has 29 heavy (non-hydrogen) atoms. The van der Waals surface area contributed by atoms with E-state index in [1.807, 2.05) is 0 Å². The van der Waals surface area contributed by atoms with Gasteiger partial charge in [0.1, 0.15) is 10.7 Å². The molecule has 152 valence electrons. The summed E-state index contributed by atoms with van der Waals surface area (Å²) in [5, 5.41) is 10.4. The van der Waals surface area contributed by atoms with Gasteiger partial charge in [-0.15, -0.1) is 11.3 Å². The minimum atomic E-state index is -3.75. The largest absolute Gasteiger partial charge is 0.477 e. The first-order valence-electron chi connectivity index (χ1n) is 8.16. The Labute approximate surface area is 180 Å². The number of halogens is 3. The number of anilines is 1. The van der Waals surface area contributed by atoms with E-state index in [-0.39, 0.29) is 20.9 Å². The van der Waals surface area contributed by atoms with Crippen LogP contribution in [0, 0.1) is 5.82 Å². The molecule has 2 aromatic carbocycles. The number of carbonyl (C=O) groups is 1. The fourth-order valence-corrected chi connectivity index (χ4v) is 6.40. The number of aromatic carboxylic acids is 1. The number of thiophene rings is 1. The number of benzene rings is 2. The number of rotatable bonds is 6. The Morgan fingerprint density at radius 3 is 2.38 bits per heavy atom. The smallest absolute Gasteiger partial charge is 0.348 e. The van der Waals surface area contributed by atoms with E-state index < -0.39 is 19.3 Å². The molecule has 0 aliphatic rings. The second kappa shape index (κ2) is 8.46. The van der Waals surface area contributed by atoms with Crippen molar-refractivity contribution in [3.8, 4) is 10.4 Å². The van der Waals surface area contributed by atoms with Gasteiger partial charge in [-0.25, -0.2) is 9.18 Å². The van der Waals surface area contributed by atoms with Crippen LogP contribution in [0.3, 0.4) is 0 Å². The van der Waals surface area contributed by atoms with Crippen LogP contribution in [-0.2, 0) is 9.09 Å². The predicted molar refractivity (Wildman–Crippen MR) is 116 cm³/mol. The summed E-state index contributed by atoms with van der Waals surface area (Å²) in [6, 6.07) is 11.7.